The van der Waals surface area contributed by atoms with Crippen LogP contribution in [0, 0.1) is 0 Å². The molecule has 0 amide bonds. The van der Waals surface area contributed by atoms with E-state index in [1.54, 1.807) is 12.1 Å². The highest BCUT2D eigenvalue weighted by atomic mass is 32.2. The van der Waals surface area contributed by atoms with Crippen molar-refractivity contribution in [1.82, 2.24) is 0 Å². The summed E-state index contributed by atoms with van der Waals surface area (Å²) in [6.07, 6.45) is 1.20. The quantitative estimate of drug-likeness (QED) is 0.619. The van der Waals surface area contributed by atoms with Crippen LogP contribution in [0.5, 0.6) is 0 Å². The van der Waals surface area contributed by atoms with E-state index in [-0.39, 0.29) is 5.41 Å². The monoisotopic (exact) mass is 348 g/mol. The van der Waals surface area contributed by atoms with Crippen LogP contribution in [0.4, 0.5) is 0 Å². The van der Waals surface area contributed by atoms with E-state index in [2.05, 4.69) is 44.2 Å². The third-order valence-corrected chi connectivity index (χ3v) is 6.19. The molecular formula is C22H20O2S. The third-order valence-electron chi connectivity index (χ3n) is 5.11. The summed E-state index contributed by atoms with van der Waals surface area (Å²) in [5.41, 5.74) is 4.36. The number of hydrogen-bond acceptors (Lipinski definition) is 2. The Labute approximate surface area is 151 Å². The lowest BCUT2D eigenvalue weighted by Gasteiger charge is -2.32. The number of fused-ring (bicyclic) bond motifs is 2. The molecule has 4 rings (SSSR count). The first kappa shape index (κ1) is 16.2. The maximum absolute atomic E-state index is 11.1. The highest BCUT2D eigenvalue weighted by Gasteiger charge is 2.28. The van der Waals surface area contributed by atoms with Gasteiger partial charge in [0.2, 0.25) is 0 Å². The standard InChI is InChI=1S/C22H20O2S/c1-22(2)9-10-25-20-8-7-17(13-19(20)22)15-3-4-16-12-18(21(23)24)6-5-14(16)11-15/h3-8,11-13H,9-10H2,1-2H3,(H,23,24). The van der Waals surface area contributed by atoms with E-state index in [4.69, 9.17) is 5.11 Å². The first-order chi connectivity index (χ1) is 11.9. The summed E-state index contributed by atoms with van der Waals surface area (Å²) in [5, 5.41) is 11.2. The van der Waals surface area contributed by atoms with Crippen LogP contribution in [0.2, 0.25) is 0 Å². The first-order valence-corrected chi connectivity index (χ1v) is 9.47. The molecule has 25 heavy (non-hydrogen) atoms. The van der Waals surface area contributed by atoms with Gasteiger partial charge in [-0.1, -0.05) is 38.1 Å². The first-order valence-electron chi connectivity index (χ1n) is 8.49. The van der Waals surface area contributed by atoms with E-state index in [1.807, 2.05) is 23.9 Å². The lowest BCUT2D eigenvalue weighted by Crippen LogP contribution is -2.22. The Kier molecular flexibility index (Phi) is 3.84. The molecular weight excluding hydrogens is 328 g/mol. The number of hydrogen-bond donors (Lipinski definition) is 1. The molecule has 0 aromatic heterocycles. The molecule has 0 saturated heterocycles. The number of carboxylic acids is 1. The Morgan fingerprint density at radius 1 is 0.960 bits per heavy atom. The molecule has 0 aliphatic carbocycles. The molecule has 0 spiro atoms. The average molecular weight is 348 g/mol. The van der Waals surface area contributed by atoms with Crippen LogP contribution >= 0.6 is 11.8 Å². The van der Waals surface area contributed by atoms with Gasteiger partial charge in [-0.15, -0.1) is 11.8 Å². The summed E-state index contributed by atoms with van der Waals surface area (Å²) in [6.45, 7) is 4.65. The van der Waals surface area contributed by atoms with Gasteiger partial charge < -0.3 is 5.11 Å². The van der Waals surface area contributed by atoms with Gasteiger partial charge in [0, 0.05) is 4.90 Å². The molecule has 3 aromatic rings. The Balaban J connectivity index is 1.80. The Morgan fingerprint density at radius 3 is 2.44 bits per heavy atom. The molecule has 0 fully saturated rings. The number of rotatable bonds is 2. The Morgan fingerprint density at radius 2 is 1.64 bits per heavy atom. The van der Waals surface area contributed by atoms with Gasteiger partial charge in [0.1, 0.15) is 0 Å². The molecule has 1 heterocycles. The summed E-state index contributed by atoms with van der Waals surface area (Å²) in [7, 11) is 0. The zero-order valence-electron chi connectivity index (χ0n) is 14.4. The van der Waals surface area contributed by atoms with Crippen molar-refractivity contribution in [3.63, 3.8) is 0 Å². The van der Waals surface area contributed by atoms with Crippen LogP contribution < -0.4 is 0 Å². The topological polar surface area (TPSA) is 37.3 Å². The van der Waals surface area contributed by atoms with Crippen molar-refractivity contribution in [2.24, 2.45) is 0 Å². The van der Waals surface area contributed by atoms with Crippen LogP contribution in [0.15, 0.2) is 59.5 Å². The smallest absolute Gasteiger partial charge is 0.335 e. The van der Waals surface area contributed by atoms with Crippen LogP contribution in [0.25, 0.3) is 21.9 Å². The fourth-order valence-electron chi connectivity index (χ4n) is 3.47. The number of benzene rings is 3. The van der Waals surface area contributed by atoms with E-state index in [1.165, 1.54) is 33.8 Å². The van der Waals surface area contributed by atoms with Crippen LogP contribution in [0.3, 0.4) is 0 Å². The minimum Gasteiger partial charge on any atom is -0.478 e. The van der Waals surface area contributed by atoms with Gasteiger partial charge in [-0.25, -0.2) is 4.79 Å². The SMILES string of the molecule is CC1(C)CCSc2ccc(-c3ccc4cc(C(=O)O)ccc4c3)cc21. The molecule has 0 radical (unpaired) electrons. The van der Waals surface area contributed by atoms with Crippen molar-refractivity contribution in [3.8, 4) is 11.1 Å². The zero-order valence-corrected chi connectivity index (χ0v) is 15.2. The summed E-state index contributed by atoms with van der Waals surface area (Å²) < 4.78 is 0. The highest BCUT2D eigenvalue weighted by Crippen LogP contribution is 2.43. The number of aromatic carboxylic acids is 1. The zero-order chi connectivity index (χ0) is 17.6. The van der Waals surface area contributed by atoms with Crippen molar-refractivity contribution in [2.45, 2.75) is 30.6 Å². The molecule has 1 N–H and O–H groups in total. The molecule has 1 aliphatic heterocycles. The van der Waals surface area contributed by atoms with Crippen LogP contribution in [-0.4, -0.2) is 16.8 Å². The summed E-state index contributed by atoms with van der Waals surface area (Å²) >= 11 is 1.95. The Bertz CT molecular complexity index is 988. The second-order valence-electron chi connectivity index (χ2n) is 7.28. The Hall–Kier alpha value is -2.26. The van der Waals surface area contributed by atoms with E-state index in [9.17, 15) is 4.79 Å². The van der Waals surface area contributed by atoms with Gasteiger partial charge >= 0.3 is 5.97 Å². The third kappa shape index (κ3) is 2.93. The summed E-state index contributed by atoms with van der Waals surface area (Å²) in [5.74, 6) is 0.293. The van der Waals surface area contributed by atoms with Gasteiger partial charge in [-0.2, -0.15) is 0 Å². The predicted molar refractivity (Wildman–Crippen MR) is 105 cm³/mol. The van der Waals surface area contributed by atoms with Gasteiger partial charge in [-0.3, -0.25) is 0 Å². The van der Waals surface area contributed by atoms with Gasteiger partial charge in [0.05, 0.1) is 5.56 Å². The van der Waals surface area contributed by atoms with Crippen molar-refractivity contribution in [3.05, 3.63) is 65.7 Å². The van der Waals surface area contributed by atoms with Gasteiger partial charge in [-0.05, 0) is 75.4 Å². The summed E-state index contributed by atoms with van der Waals surface area (Å²) in [6, 6.07) is 18.3. The fourth-order valence-corrected chi connectivity index (χ4v) is 4.96. The van der Waals surface area contributed by atoms with Gasteiger partial charge in [0.15, 0.2) is 0 Å². The maximum Gasteiger partial charge on any atom is 0.335 e. The average Bonchev–Trinajstić information content (AvgIpc) is 2.60. The molecule has 0 saturated carbocycles. The van der Waals surface area contributed by atoms with E-state index in [0.717, 1.165) is 10.8 Å². The van der Waals surface area contributed by atoms with E-state index >= 15 is 0 Å². The lowest BCUT2D eigenvalue weighted by molar-refractivity contribution is 0.0697. The molecule has 2 nitrogen and oxygen atoms in total. The van der Waals surface area contributed by atoms with E-state index < -0.39 is 5.97 Å². The predicted octanol–water partition coefficient (Wildman–Crippen LogP) is 5.98. The number of carbonyl (C=O) groups is 1. The maximum atomic E-state index is 11.1. The van der Waals surface area contributed by atoms with Crippen LogP contribution in [0.1, 0.15) is 36.2 Å². The van der Waals surface area contributed by atoms with Crippen molar-refractivity contribution in [2.75, 3.05) is 5.75 Å². The molecule has 3 heteroatoms. The van der Waals surface area contributed by atoms with Crippen molar-refractivity contribution in [1.29, 1.82) is 0 Å². The molecule has 3 aromatic carbocycles. The van der Waals surface area contributed by atoms with Crippen LogP contribution in [-0.2, 0) is 5.41 Å². The molecule has 1 aliphatic rings. The minimum absolute atomic E-state index is 0.212. The number of thioether (sulfide) groups is 1. The van der Waals surface area contributed by atoms with E-state index in [0.29, 0.717) is 5.56 Å². The second kappa shape index (κ2) is 5.92. The van der Waals surface area contributed by atoms with Crippen molar-refractivity contribution >= 4 is 28.5 Å². The second-order valence-corrected chi connectivity index (χ2v) is 8.41. The number of carboxylic acid groups (broad SMARTS) is 1. The fraction of sp³-hybridized carbons (Fsp3) is 0.227. The lowest BCUT2D eigenvalue weighted by atomic mass is 9.80. The molecule has 126 valence electrons. The molecule has 0 atom stereocenters. The van der Waals surface area contributed by atoms with Crippen molar-refractivity contribution < 1.29 is 9.90 Å². The molecule has 0 bridgehead atoms. The normalized spacial score (nSPS) is 15.8. The summed E-state index contributed by atoms with van der Waals surface area (Å²) in [4.78, 5) is 12.5. The largest absolute Gasteiger partial charge is 0.478 e. The molecule has 0 unspecified atom stereocenters. The van der Waals surface area contributed by atoms with Gasteiger partial charge in [0.25, 0.3) is 0 Å². The highest BCUT2D eigenvalue weighted by molar-refractivity contribution is 7.99. The minimum atomic E-state index is -0.889.